The standard InChI is InChI=1S/C11H16O2/c1-3-10(8(2)11(12)13)9-6-4-5-7-9/h3,9H,1,4-7H2,2H3,(H,12,13). The van der Waals surface area contributed by atoms with Gasteiger partial charge in [0, 0.05) is 5.57 Å². The van der Waals surface area contributed by atoms with E-state index in [-0.39, 0.29) is 0 Å². The van der Waals surface area contributed by atoms with Gasteiger partial charge in [0.2, 0.25) is 0 Å². The number of allylic oxidation sites excluding steroid dienone is 2. The smallest absolute Gasteiger partial charge is 0.331 e. The second kappa shape index (κ2) is 4.26. The number of hydrogen-bond donors (Lipinski definition) is 1. The second-order valence-corrected chi connectivity index (χ2v) is 3.57. The number of carboxylic acids is 1. The predicted octanol–water partition coefficient (Wildman–Crippen LogP) is 2.76. The van der Waals surface area contributed by atoms with E-state index in [1.807, 2.05) is 0 Å². The molecular formula is C11H16O2. The molecule has 0 amide bonds. The van der Waals surface area contributed by atoms with Crippen molar-refractivity contribution < 1.29 is 9.90 Å². The van der Waals surface area contributed by atoms with Gasteiger partial charge in [0.15, 0.2) is 0 Å². The van der Waals surface area contributed by atoms with Crippen LogP contribution in [0.25, 0.3) is 0 Å². The summed E-state index contributed by atoms with van der Waals surface area (Å²) in [6.45, 7) is 5.35. The van der Waals surface area contributed by atoms with Gasteiger partial charge in [-0.3, -0.25) is 0 Å². The maximum absolute atomic E-state index is 10.8. The SMILES string of the molecule is C=CC(=C(C)C(=O)O)C1CCCC1. The van der Waals surface area contributed by atoms with Gasteiger partial charge in [-0.2, -0.15) is 0 Å². The van der Waals surface area contributed by atoms with Crippen molar-refractivity contribution in [2.45, 2.75) is 32.6 Å². The molecular weight excluding hydrogens is 164 g/mol. The zero-order valence-electron chi connectivity index (χ0n) is 8.05. The van der Waals surface area contributed by atoms with E-state index in [4.69, 9.17) is 5.11 Å². The highest BCUT2D eigenvalue weighted by Crippen LogP contribution is 2.33. The first-order valence-electron chi connectivity index (χ1n) is 4.73. The van der Waals surface area contributed by atoms with Crippen LogP contribution in [0.4, 0.5) is 0 Å². The predicted molar refractivity (Wildman–Crippen MR) is 52.5 cm³/mol. The van der Waals surface area contributed by atoms with E-state index >= 15 is 0 Å². The summed E-state index contributed by atoms with van der Waals surface area (Å²) in [6, 6.07) is 0. The third-order valence-corrected chi connectivity index (χ3v) is 2.77. The van der Waals surface area contributed by atoms with E-state index in [2.05, 4.69) is 6.58 Å². The molecule has 1 N–H and O–H groups in total. The van der Waals surface area contributed by atoms with Crippen LogP contribution >= 0.6 is 0 Å². The van der Waals surface area contributed by atoms with E-state index in [0.29, 0.717) is 11.5 Å². The van der Waals surface area contributed by atoms with Crippen LogP contribution in [0.5, 0.6) is 0 Å². The highest BCUT2D eigenvalue weighted by atomic mass is 16.4. The summed E-state index contributed by atoms with van der Waals surface area (Å²) in [5.41, 5.74) is 1.40. The minimum absolute atomic E-state index is 0.439. The zero-order valence-corrected chi connectivity index (χ0v) is 8.05. The quantitative estimate of drug-likeness (QED) is 0.535. The summed E-state index contributed by atoms with van der Waals surface area (Å²) in [6.07, 6.45) is 6.38. The van der Waals surface area contributed by atoms with Crippen molar-refractivity contribution in [2.24, 2.45) is 5.92 Å². The van der Waals surface area contributed by atoms with Crippen molar-refractivity contribution in [3.05, 3.63) is 23.8 Å². The Morgan fingerprint density at radius 3 is 2.38 bits per heavy atom. The Morgan fingerprint density at radius 2 is 2.00 bits per heavy atom. The molecule has 1 aliphatic rings. The average molecular weight is 180 g/mol. The molecule has 0 bridgehead atoms. The maximum atomic E-state index is 10.8. The van der Waals surface area contributed by atoms with E-state index in [9.17, 15) is 4.79 Å². The van der Waals surface area contributed by atoms with Gasteiger partial charge in [0.05, 0.1) is 0 Å². The lowest BCUT2D eigenvalue weighted by molar-refractivity contribution is -0.132. The van der Waals surface area contributed by atoms with E-state index in [0.717, 1.165) is 18.4 Å². The highest BCUT2D eigenvalue weighted by Gasteiger charge is 2.20. The molecule has 0 aromatic carbocycles. The molecule has 0 radical (unpaired) electrons. The second-order valence-electron chi connectivity index (χ2n) is 3.57. The van der Waals surface area contributed by atoms with Crippen LogP contribution in [0.3, 0.4) is 0 Å². The van der Waals surface area contributed by atoms with E-state index in [1.54, 1.807) is 13.0 Å². The van der Waals surface area contributed by atoms with Gasteiger partial charge in [0.25, 0.3) is 0 Å². The Kier molecular flexibility index (Phi) is 3.29. The van der Waals surface area contributed by atoms with E-state index < -0.39 is 5.97 Å². The summed E-state index contributed by atoms with van der Waals surface area (Å²) >= 11 is 0. The van der Waals surface area contributed by atoms with Crippen LogP contribution in [-0.2, 0) is 4.79 Å². The van der Waals surface area contributed by atoms with E-state index in [1.165, 1.54) is 12.8 Å². The first-order valence-corrected chi connectivity index (χ1v) is 4.73. The van der Waals surface area contributed by atoms with Crippen LogP contribution in [0, 0.1) is 5.92 Å². The highest BCUT2D eigenvalue weighted by molar-refractivity contribution is 5.87. The summed E-state index contributed by atoms with van der Waals surface area (Å²) in [4.78, 5) is 10.8. The molecule has 1 aliphatic carbocycles. The summed E-state index contributed by atoms with van der Waals surface area (Å²) < 4.78 is 0. The minimum atomic E-state index is -0.818. The Hall–Kier alpha value is -1.05. The fourth-order valence-electron chi connectivity index (χ4n) is 1.99. The van der Waals surface area contributed by atoms with Crippen LogP contribution in [-0.4, -0.2) is 11.1 Å². The first kappa shape index (κ1) is 10.0. The molecule has 2 nitrogen and oxygen atoms in total. The Bertz CT molecular complexity index is 245. The first-order chi connectivity index (χ1) is 6.16. The molecule has 0 spiro atoms. The molecule has 0 unspecified atom stereocenters. The molecule has 0 aromatic rings. The van der Waals surface area contributed by atoms with Gasteiger partial charge in [-0.25, -0.2) is 4.79 Å². The topological polar surface area (TPSA) is 37.3 Å². The van der Waals surface area contributed by atoms with Crippen molar-refractivity contribution in [2.75, 3.05) is 0 Å². The van der Waals surface area contributed by atoms with Crippen molar-refractivity contribution in [1.82, 2.24) is 0 Å². The Morgan fingerprint density at radius 1 is 1.46 bits per heavy atom. The lowest BCUT2D eigenvalue weighted by atomic mass is 9.93. The van der Waals surface area contributed by atoms with Crippen LogP contribution in [0.1, 0.15) is 32.6 Å². The molecule has 2 heteroatoms. The normalized spacial score (nSPS) is 19.8. The number of rotatable bonds is 3. The molecule has 0 heterocycles. The molecule has 13 heavy (non-hydrogen) atoms. The Labute approximate surface area is 79.0 Å². The summed E-state index contributed by atoms with van der Waals surface area (Å²) in [7, 11) is 0. The van der Waals surface area contributed by atoms with Gasteiger partial charge < -0.3 is 5.11 Å². The van der Waals surface area contributed by atoms with Crippen molar-refractivity contribution >= 4 is 5.97 Å². The molecule has 0 saturated heterocycles. The largest absolute Gasteiger partial charge is 0.478 e. The molecule has 1 saturated carbocycles. The number of carbonyl (C=O) groups is 1. The fourth-order valence-corrected chi connectivity index (χ4v) is 1.99. The molecule has 0 aliphatic heterocycles. The molecule has 1 rings (SSSR count). The monoisotopic (exact) mass is 180 g/mol. The number of aliphatic carboxylic acids is 1. The lowest BCUT2D eigenvalue weighted by Crippen LogP contribution is -2.06. The summed E-state index contributed by atoms with van der Waals surface area (Å²) in [5.74, 6) is -0.379. The lowest BCUT2D eigenvalue weighted by Gasteiger charge is -2.12. The summed E-state index contributed by atoms with van der Waals surface area (Å²) in [5, 5.41) is 8.84. The van der Waals surface area contributed by atoms with Crippen LogP contribution < -0.4 is 0 Å². The molecule has 0 aromatic heterocycles. The van der Waals surface area contributed by atoms with Crippen molar-refractivity contribution in [3.63, 3.8) is 0 Å². The maximum Gasteiger partial charge on any atom is 0.331 e. The fraction of sp³-hybridized carbons (Fsp3) is 0.545. The van der Waals surface area contributed by atoms with Gasteiger partial charge in [-0.1, -0.05) is 25.5 Å². The third-order valence-electron chi connectivity index (χ3n) is 2.77. The van der Waals surface area contributed by atoms with Crippen LogP contribution in [0.2, 0.25) is 0 Å². The number of carboxylic acid groups (broad SMARTS) is 1. The van der Waals surface area contributed by atoms with Gasteiger partial charge in [-0.05, 0) is 31.3 Å². The molecule has 72 valence electrons. The molecule has 0 atom stereocenters. The van der Waals surface area contributed by atoms with Crippen LogP contribution in [0.15, 0.2) is 23.8 Å². The van der Waals surface area contributed by atoms with Gasteiger partial charge >= 0.3 is 5.97 Å². The average Bonchev–Trinajstić information content (AvgIpc) is 2.58. The van der Waals surface area contributed by atoms with Gasteiger partial charge in [-0.15, -0.1) is 0 Å². The number of hydrogen-bond acceptors (Lipinski definition) is 1. The molecule has 1 fully saturated rings. The third kappa shape index (κ3) is 2.20. The zero-order chi connectivity index (χ0) is 9.84. The van der Waals surface area contributed by atoms with Crippen molar-refractivity contribution in [1.29, 1.82) is 0 Å². The van der Waals surface area contributed by atoms with Gasteiger partial charge in [0.1, 0.15) is 0 Å². The minimum Gasteiger partial charge on any atom is -0.478 e. The Balaban J connectivity index is 2.87. The van der Waals surface area contributed by atoms with Crippen molar-refractivity contribution in [3.8, 4) is 0 Å².